The van der Waals surface area contributed by atoms with E-state index in [-0.39, 0.29) is 0 Å². The third kappa shape index (κ3) is 2.70. The van der Waals surface area contributed by atoms with Crippen molar-refractivity contribution in [3.05, 3.63) is 11.5 Å². The van der Waals surface area contributed by atoms with Crippen LogP contribution in [-0.4, -0.2) is 9.55 Å². The molecule has 1 heterocycles. The van der Waals surface area contributed by atoms with Crippen LogP contribution in [0.5, 0.6) is 0 Å². The number of imidazole rings is 1. The molecule has 0 radical (unpaired) electrons. The van der Waals surface area contributed by atoms with Gasteiger partial charge in [-0.1, -0.05) is 39.5 Å². The van der Waals surface area contributed by atoms with E-state index in [9.17, 15) is 0 Å². The molecule has 0 aliphatic heterocycles. The molecule has 1 fully saturated rings. The normalized spacial score (nSPS) is 17.2. The van der Waals surface area contributed by atoms with E-state index in [0.717, 1.165) is 37.3 Å². The quantitative estimate of drug-likeness (QED) is 0.860. The molecule has 3 heteroatoms. The fourth-order valence-corrected chi connectivity index (χ4v) is 3.09. The molecule has 0 amide bonds. The van der Waals surface area contributed by atoms with E-state index in [2.05, 4.69) is 18.4 Å². The molecular formula is C15H27N3. The van der Waals surface area contributed by atoms with Crippen LogP contribution in [0.2, 0.25) is 0 Å². The van der Waals surface area contributed by atoms with Crippen molar-refractivity contribution in [3.63, 3.8) is 0 Å². The summed E-state index contributed by atoms with van der Waals surface area (Å²) in [7, 11) is 0. The van der Waals surface area contributed by atoms with Crippen molar-refractivity contribution in [3.8, 4) is 0 Å². The summed E-state index contributed by atoms with van der Waals surface area (Å²) in [5.41, 5.74) is 7.41. The van der Waals surface area contributed by atoms with Gasteiger partial charge in [-0.3, -0.25) is 0 Å². The Morgan fingerprint density at radius 2 is 1.89 bits per heavy atom. The fraction of sp³-hybridized carbons (Fsp3) is 0.800. The molecule has 1 aromatic heterocycles. The second-order valence-corrected chi connectivity index (χ2v) is 5.54. The molecular weight excluding hydrogens is 222 g/mol. The topological polar surface area (TPSA) is 43.8 Å². The van der Waals surface area contributed by atoms with E-state index >= 15 is 0 Å². The number of rotatable bonds is 5. The highest BCUT2D eigenvalue weighted by Gasteiger charge is 2.23. The zero-order chi connectivity index (χ0) is 13.0. The molecule has 2 rings (SSSR count). The van der Waals surface area contributed by atoms with Gasteiger partial charge < -0.3 is 10.3 Å². The van der Waals surface area contributed by atoms with Gasteiger partial charge in [-0.15, -0.1) is 0 Å². The Kier molecular flexibility index (Phi) is 4.67. The van der Waals surface area contributed by atoms with E-state index in [1.165, 1.54) is 37.9 Å². The van der Waals surface area contributed by atoms with Crippen molar-refractivity contribution >= 4 is 5.82 Å². The third-order valence-corrected chi connectivity index (χ3v) is 4.02. The van der Waals surface area contributed by atoms with Gasteiger partial charge >= 0.3 is 0 Å². The molecule has 18 heavy (non-hydrogen) atoms. The van der Waals surface area contributed by atoms with Crippen LogP contribution in [0, 0.1) is 0 Å². The lowest BCUT2D eigenvalue weighted by molar-refractivity contribution is 0.415. The first-order valence-electron chi connectivity index (χ1n) is 7.62. The lowest BCUT2D eigenvalue weighted by atomic mass is 9.88. The second-order valence-electron chi connectivity index (χ2n) is 5.54. The third-order valence-electron chi connectivity index (χ3n) is 4.02. The molecule has 0 saturated heterocycles. The van der Waals surface area contributed by atoms with Gasteiger partial charge in [0.15, 0.2) is 0 Å². The molecule has 1 saturated carbocycles. The van der Waals surface area contributed by atoms with Crippen molar-refractivity contribution in [2.75, 3.05) is 5.73 Å². The molecule has 1 aliphatic carbocycles. The summed E-state index contributed by atoms with van der Waals surface area (Å²) < 4.78 is 2.29. The van der Waals surface area contributed by atoms with E-state index in [4.69, 9.17) is 10.7 Å². The molecule has 0 aromatic carbocycles. The van der Waals surface area contributed by atoms with Crippen LogP contribution in [0.4, 0.5) is 5.82 Å². The Bertz CT molecular complexity index is 375. The van der Waals surface area contributed by atoms with Gasteiger partial charge in [0.1, 0.15) is 11.6 Å². The first kappa shape index (κ1) is 13.4. The van der Waals surface area contributed by atoms with Gasteiger partial charge in [0.2, 0.25) is 0 Å². The Balaban J connectivity index is 2.28. The highest BCUT2D eigenvalue weighted by molar-refractivity contribution is 5.39. The van der Waals surface area contributed by atoms with Crippen LogP contribution in [0.15, 0.2) is 0 Å². The van der Waals surface area contributed by atoms with Gasteiger partial charge in [-0.05, 0) is 25.7 Å². The van der Waals surface area contributed by atoms with Gasteiger partial charge in [-0.25, -0.2) is 4.98 Å². The van der Waals surface area contributed by atoms with Crippen molar-refractivity contribution in [1.29, 1.82) is 0 Å². The first-order valence-corrected chi connectivity index (χ1v) is 7.62. The van der Waals surface area contributed by atoms with Crippen LogP contribution in [0.25, 0.3) is 0 Å². The summed E-state index contributed by atoms with van der Waals surface area (Å²) >= 11 is 0. The summed E-state index contributed by atoms with van der Waals surface area (Å²) in [6, 6.07) is 0. The highest BCUT2D eigenvalue weighted by atomic mass is 15.1. The van der Waals surface area contributed by atoms with Crippen molar-refractivity contribution in [1.82, 2.24) is 9.55 Å². The largest absolute Gasteiger partial charge is 0.384 e. The summed E-state index contributed by atoms with van der Waals surface area (Å²) in [4.78, 5) is 4.88. The van der Waals surface area contributed by atoms with Gasteiger partial charge in [0, 0.05) is 12.5 Å². The number of aromatic nitrogens is 2. The fourth-order valence-electron chi connectivity index (χ4n) is 3.09. The Hall–Kier alpha value is -0.990. The Morgan fingerprint density at radius 1 is 1.17 bits per heavy atom. The number of nitrogen functional groups attached to an aromatic ring is 1. The van der Waals surface area contributed by atoms with Crippen LogP contribution < -0.4 is 5.73 Å². The zero-order valence-electron chi connectivity index (χ0n) is 11.9. The van der Waals surface area contributed by atoms with Crippen molar-refractivity contribution < 1.29 is 0 Å². The first-order chi connectivity index (χ1) is 8.77. The van der Waals surface area contributed by atoms with Gasteiger partial charge in [0.25, 0.3) is 0 Å². The van der Waals surface area contributed by atoms with Crippen molar-refractivity contribution in [2.45, 2.75) is 77.7 Å². The Morgan fingerprint density at radius 3 is 2.50 bits per heavy atom. The SMILES string of the molecule is CCCc1nc(C2CCCCC2)n(CCC)c1N. The predicted octanol–water partition coefficient (Wildman–Crippen LogP) is 3.88. The minimum absolute atomic E-state index is 0.651. The summed E-state index contributed by atoms with van der Waals surface area (Å²) in [6.45, 7) is 5.43. The van der Waals surface area contributed by atoms with Crippen LogP contribution >= 0.6 is 0 Å². The summed E-state index contributed by atoms with van der Waals surface area (Å²) in [5, 5.41) is 0. The minimum Gasteiger partial charge on any atom is -0.384 e. The molecule has 3 nitrogen and oxygen atoms in total. The maximum Gasteiger partial charge on any atom is 0.126 e. The average Bonchev–Trinajstić information content (AvgIpc) is 2.70. The van der Waals surface area contributed by atoms with Crippen LogP contribution in [-0.2, 0) is 13.0 Å². The Labute approximate surface area is 111 Å². The van der Waals surface area contributed by atoms with Gasteiger partial charge in [-0.2, -0.15) is 0 Å². The van der Waals surface area contributed by atoms with E-state index < -0.39 is 0 Å². The summed E-state index contributed by atoms with van der Waals surface area (Å²) in [6.07, 6.45) is 9.96. The number of nitrogens with two attached hydrogens (primary N) is 1. The van der Waals surface area contributed by atoms with E-state index in [0.29, 0.717) is 5.92 Å². The number of hydrogen-bond donors (Lipinski definition) is 1. The lowest BCUT2D eigenvalue weighted by Gasteiger charge is -2.22. The zero-order valence-corrected chi connectivity index (χ0v) is 11.9. The second kappa shape index (κ2) is 6.26. The minimum atomic E-state index is 0.651. The molecule has 0 bridgehead atoms. The average molecular weight is 249 g/mol. The van der Waals surface area contributed by atoms with E-state index in [1.54, 1.807) is 0 Å². The molecule has 1 aliphatic rings. The standard InChI is InChI=1S/C15H27N3/c1-3-8-13-14(16)18(11-4-2)15(17-13)12-9-6-5-7-10-12/h12H,3-11,16H2,1-2H3. The maximum atomic E-state index is 6.28. The number of aryl methyl sites for hydroxylation is 1. The number of hydrogen-bond acceptors (Lipinski definition) is 2. The monoisotopic (exact) mass is 249 g/mol. The molecule has 0 atom stereocenters. The number of anilines is 1. The maximum absolute atomic E-state index is 6.28. The smallest absolute Gasteiger partial charge is 0.126 e. The summed E-state index contributed by atoms with van der Waals surface area (Å²) in [5.74, 6) is 2.86. The lowest BCUT2D eigenvalue weighted by Crippen LogP contribution is -2.13. The molecule has 0 unspecified atom stereocenters. The van der Waals surface area contributed by atoms with Crippen LogP contribution in [0.1, 0.15) is 76.2 Å². The highest BCUT2D eigenvalue weighted by Crippen LogP contribution is 2.34. The molecule has 1 aromatic rings. The van der Waals surface area contributed by atoms with Gasteiger partial charge in [0.05, 0.1) is 5.69 Å². The molecule has 102 valence electrons. The van der Waals surface area contributed by atoms with Crippen molar-refractivity contribution in [2.24, 2.45) is 0 Å². The number of nitrogens with zero attached hydrogens (tertiary/aromatic N) is 2. The van der Waals surface area contributed by atoms with E-state index in [1.807, 2.05) is 0 Å². The molecule has 0 spiro atoms. The molecule has 2 N–H and O–H groups in total. The predicted molar refractivity (Wildman–Crippen MR) is 76.8 cm³/mol. The van der Waals surface area contributed by atoms with Crippen LogP contribution in [0.3, 0.4) is 0 Å².